The Hall–Kier alpha value is 0.650. The molecule has 0 aromatic heterocycles. The lowest BCUT2D eigenvalue weighted by Gasteiger charge is -2.27. The zero-order valence-electron chi connectivity index (χ0n) is 8.30. The second-order valence-electron chi connectivity index (χ2n) is 3.41. The van der Waals surface area contributed by atoms with Crippen molar-refractivity contribution in [2.75, 3.05) is 19.8 Å². The van der Waals surface area contributed by atoms with Crippen molar-refractivity contribution in [2.24, 2.45) is 0 Å². The van der Waals surface area contributed by atoms with Gasteiger partial charge in [-0.1, -0.05) is 35.4 Å². The maximum absolute atomic E-state index is 5.76. The van der Waals surface area contributed by atoms with E-state index in [0.29, 0.717) is 10.0 Å². The Bertz CT molecular complexity index is 130. The average Bonchev–Trinajstić information content (AvgIpc) is 2.15. The van der Waals surface area contributed by atoms with E-state index in [-0.39, 0.29) is 0 Å². The Morgan fingerprint density at radius 2 is 2.00 bits per heavy atom. The molecule has 0 aromatic carbocycles. The van der Waals surface area contributed by atoms with Crippen LogP contribution in [0.15, 0.2) is 0 Å². The van der Waals surface area contributed by atoms with Crippen molar-refractivity contribution in [3.05, 3.63) is 0 Å². The molecule has 2 unspecified atom stereocenters. The lowest BCUT2D eigenvalue weighted by molar-refractivity contribution is -0.00247. The number of hydrogen-bond acceptors (Lipinski definition) is 2. The summed E-state index contributed by atoms with van der Waals surface area (Å²) in [6, 6.07) is 0. The highest BCUT2D eigenvalue weighted by Gasteiger charge is 2.22. The molecule has 0 aromatic rings. The maximum atomic E-state index is 5.76. The highest BCUT2D eigenvalue weighted by molar-refractivity contribution is 14.1. The van der Waals surface area contributed by atoms with Crippen molar-refractivity contribution >= 4 is 22.6 Å². The molecule has 0 radical (unpaired) electrons. The molecule has 0 N–H and O–H groups in total. The van der Waals surface area contributed by atoms with E-state index in [4.69, 9.17) is 9.47 Å². The highest BCUT2D eigenvalue weighted by atomic mass is 127. The van der Waals surface area contributed by atoms with Gasteiger partial charge < -0.3 is 9.47 Å². The van der Waals surface area contributed by atoms with Crippen molar-refractivity contribution in [3.63, 3.8) is 0 Å². The largest absolute Gasteiger partial charge is 0.379 e. The molecule has 1 aliphatic carbocycles. The molecule has 0 bridgehead atoms. The Morgan fingerprint density at radius 3 is 2.69 bits per heavy atom. The number of ether oxygens (including phenoxy) is 2. The molecule has 78 valence electrons. The molecule has 0 spiro atoms. The zero-order chi connectivity index (χ0) is 9.52. The van der Waals surface area contributed by atoms with E-state index >= 15 is 0 Å². The molecule has 1 saturated carbocycles. The Kier molecular flexibility index (Phi) is 6.32. The normalized spacial score (nSPS) is 29.1. The van der Waals surface area contributed by atoms with Crippen molar-refractivity contribution in [2.45, 2.75) is 42.6 Å². The topological polar surface area (TPSA) is 18.5 Å². The molecule has 0 saturated heterocycles. The average molecular weight is 298 g/mol. The van der Waals surface area contributed by atoms with E-state index in [1.54, 1.807) is 0 Å². The van der Waals surface area contributed by atoms with Gasteiger partial charge in [-0.15, -0.1) is 0 Å². The van der Waals surface area contributed by atoms with Gasteiger partial charge in [-0.3, -0.25) is 0 Å². The lowest BCUT2D eigenvalue weighted by atomic mass is 9.98. The van der Waals surface area contributed by atoms with Crippen molar-refractivity contribution < 1.29 is 9.47 Å². The third-order valence-electron chi connectivity index (χ3n) is 2.39. The first kappa shape index (κ1) is 11.7. The fraction of sp³-hybridized carbons (Fsp3) is 1.00. The fourth-order valence-corrected chi connectivity index (χ4v) is 2.65. The van der Waals surface area contributed by atoms with Crippen LogP contribution in [-0.4, -0.2) is 29.8 Å². The quantitative estimate of drug-likeness (QED) is 0.441. The second-order valence-corrected chi connectivity index (χ2v) is 5.01. The molecule has 2 atom stereocenters. The minimum atomic E-state index is 0.481. The van der Waals surface area contributed by atoms with Gasteiger partial charge in [-0.2, -0.15) is 0 Å². The van der Waals surface area contributed by atoms with E-state index in [1.807, 2.05) is 6.92 Å². The summed E-state index contributed by atoms with van der Waals surface area (Å²) in [5, 5.41) is 0. The number of alkyl halides is 1. The van der Waals surface area contributed by atoms with Gasteiger partial charge in [-0.25, -0.2) is 0 Å². The minimum absolute atomic E-state index is 0.481. The standard InChI is InChI=1S/C10H19IO2/c1-2-12-7-8-13-10-6-4-3-5-9(10)11/h9-10H,2-8H2,1H3. The molecule has 0 aliphatic heterocycles. The molecule has 1 aliphatic rings. The predicted octanol–water partition coefficient (Wildman–Crippen LogP) is 2.79. The predicted molar refractivity (Wildman–Crippen MR) is 62.5 cm³/mol. The first-order chi connectivity index (χ1) is 6.34. The van der Waals surface area contributed by atoms with E-state index in [9.17, 15) is 0 Å². The van der Waals surface area contributed by atoms with Gasteiger partial charge in [-0.05, 0) is 19.8 Å². The van der Waals surface area contributed by atoms with E-state index in [1.165, 1.54) is 25.7 Å². The fourth-order valence-electron chi connectivity index (χ4n) is 1.64. The van der Waals surface area contributed by atoms with Gasteiger partial charge in [0.05, 0.1) is 19.3 Å². The molecule has 0 amide bonds. The van der Waals surface area contributed by atoms with Crippen molar-refractivity contribution in [3.8, 4) is 0 Å². The minimum Gasteiger partial charge on any atom is -0.379 e. The summed E-state index contributed by atoms with van der Waals surface area (Å²) >= 11 is 2.51. The highest BCUT2D eigenvalue weighted by Crippen LogP contribution is 2.26. The van der Waals surface area contributed by atoms with Crippen molar-refractivity contribution in [1.82, 2.24) is 0 Å². The van der Waals surface area contributed by atoms with Gasteiger partial charge in [0.15, 0.2) is 0 Å². The molecule has 1 rings (SSSR count). The van der Waals surface area contributed by atoms with Gasteiger partial charge in [0.25, 0.3) is 0 Å². The van der Waals surface area contributed by atoms with Crippen LogP contribution in [0.2, 0.25) is 0 Å². The molecule has 0 heterocycles. The van der Waals surface area contributed by atoms with Crippen LogP contribution in [0.25, 0.3) is 0 Å². The Morgan fingerprint density at radius 1 is 1.23 bits per heavy atom. The van der Waals surface area contributed by atoms with Crippen LogP contribution in [0.4, 0.5) is 0 Å². The third kappa shape index (κ3) is 4.61. The number of hydrogen-bond donors (Lipinski definition) is 0. The van der Waals surface area contributed by atoms with Crippen molar-refractivity contribution in [1.29, 1.82) is 0 Å². The Balaban J connectivity index is 2.05. The van der Waals surface area contributed by atoms with Crippen LogP contribution >= 0.6 is 22.6 Å². The zero-order valence-corrected chi connectivity index (χ0v) is 10.5. The first-order valence-corrected chi connectivity index (χ1v) is 6.42. The molecule has 13 heavy (non-hydrogen) atoms. The summed E-state index contributed by atoms with van der Waals surface area (Å²) in [5.74, 6) is 0. The monoisotopic (exact) mass is 298 g/mol. The number of halogens is 1. The van der Waals surface area contributed by atoms with Crippen LogP contribution in [0.1, 0.15) is 32.6 Å². The molecular weight excluding hydrogens is 279 g/mol. The van der Waals surface area contributed by atoms with Gasteiger partial charge in [0, 0.05) is 10.5 Å². The van der Waals surface area contributed by atoms with Gasteiger partial charge in [0.2, 0.25) is 0 Å². The summed E-state index contributed by atoms with van der Waals surface area (Å²) in [7, 11) is 0. The molecular formula is C10H19IO2. The summed E-state index contributed by atoms with van der Waals surface area (Å²) < 4.78 is 11.7. The SMILES string of the molecule is CCOCCOC1CCCCC1I. The number of rotatable bonds is 5. The van der Waals surface area contributed by atoms with Crippen LogP contribution in [-0.2, 0) is 9.47 Å². The third-order valence-corrected chi connectivity index (χ3v) is 3.81. The van der Waals surface area contributed by atoms with E-state index < -0.39 is 0 Å². The summed E-state index contributed by atoms with van der Waals surface area (Å²) in [6.45, 7) is 4.32. The molecule has 1 fully saturated rings. The summed E-state index contributed by atoms with van der Waals surface area (Å²) in [5.41, 5.74) is 0. The summed E-state index contributed by atoms with van der Waals surface area (Å²) in [4.78, 5) is 0. The lowest BCUT2D eigenvalue weighted by Crippen LogP contribution is -2.29. The van der Waals surface area contributed by atoms with E-state index in [0.717, 1.165) is 19.8 Å². The summed E-state index contributed by atoms with van der Waals surface area (Å²) in [6.07, 6.45) is 5.74. The van der Waals surface area contributed by atoms with Gasteiger partial charge in [0.1, 0.15) is 0 Å². The van der Waals surface area contributed by atoms with Crippen LogP contribution < -0.4 is 0 Å². The molecule has 2 nitrogen and oxygen atoms in total. The molecule has 3 heteroatoms. The smallest absolute Gasteiger partial charge is 0.0704 e. The first-order valence-electron chi connectivity index (χ1n) is 5.18. The maximum Gasteiger partial charge on any atom is 0.0704 e. The van der Waals surface area contributed by atoms with Crippen LogP contribution in [0, 0.1) is 0 Å². The van der Waals surface area contributed by atoms with Crippen LogP contribution in [0.5, 0.6) is 0 Å². The second kappa shape index (κ2) is 7.01. The van der Waals surface area contributed by atoms with Crippen LogP contribution in [0.3, 0.4) is 0 Å². The van der Waals surface area contributed by atoms with Gasteiger partial charge >= 0.3 is 0 Å². The van der Waals surface area contributed by atoms with E-state index in [2.05, 4.69) is 22.6 Å². The Labute approximate surface area is 94.5 Å².